The third-order valence-electron chi connectivity index (χ3n) is 3.72. The summed E-state index contributed by atoms with van der Waals surface area (Å²) >= 11 is 0. The van der Waals surface area contributed by atoms with Gasteiger partial charge in [0.05, 0.1) is 0 Å². The first-order chi connectivity index (χ1) is 8.86. The van der Waals surface area contributed by atoms with E-state index in [0.717, 1.165) is 30.0 Å². The smallest absolute Gasteiger partial charge is 0.136 e. The molecule has 0 atom stereocenters. The third kappa shape index (κ3) is 2.01. The SMILES string of the molecule is Nc1cccc2c(N3CCCCCC3)nccc12. The van der Waals surface area contributed by atoms with Gasteiger partial charge in [-0.15, -0.1) is 0 Å². The predicted molar refractivity (Wildman–Crippen MR) is 76.8 cm³/mol. The maximum Gasteiger partial charge on any atom is 0.136 e. The van der Waals surface area contributed by atoms with Gasteiger partial charge in [0.2, 0.25) is 0 Å². The number of aromatic nitrogens is 1. The van der Waals surface area contributed by atoms with Crippen LogP contribution in [0.5, 0.6) is 0 Å². The summed E-state index contributed by atoms with van der Waals surface area (Å²) < 4.78 is 0. The number of fused-ring (bicyclic) bond motifs is 1. The molecule has 18 heavy (non-hydrogen) atoms. The van der Waals surface area contributed by atoms with Crippen molar-refractivity contribution in [3.8, 4) is 0 Å². The van der Waals surface area contributed by atoms with Crippen molar-refractivity contribution in [2.45, 2.75) is 25.7 Å². The molecule has 0 radical (unpaired) electrons. The van der Waals surface area contributed by atoms with E-state index in [-0.39, 0.29) is 0 Å². The van der Waals surface area contributed by atoms with Crippen molar-refractivity contribution in [2.75, 3.05) is 23.7 Å². The number of hydrogen-bond acceptors (Lipinski definition) is 3. The van der Waals surface area contributed by atoms with Gasteiger partial charge in [-0.1, -0.05) is 25.0 Å². The van der Waals surface area contributed by atoms with E-state index in [1.165, 1.54) is 31.1 Å². The van der Waals surface area contributed by atoms with E-state index in [2.05, 4.69) is 16.0 Å². The largest absolute Gasteiger partial charge is 0.398 e. The van der Waals surface area contributed by atoms with Gasteiger partial charge in [0, 0.05) is 35.7 Å². The van der Waals surface area contributed by atoms with Crippen LogP contribution in [-0.4, -0.2) is 18.1 Å². The molecule has 3 heteroatoms. The van der Waals surface area contributed by atoms with Gasteiger partial charge in [-0.05, 0) is 25.0 Å². The Hall–Kier alpha value is -1.77. The molecule has 0 unspecified atom stereocenters. The molecular weight excluding hydrogens is 222 g/mol. The van der Waals surface area contributed by atoms with Crippen LogP contribution in [0.1, 0.15) is 25.7 Å². The molecule has 1 aliphatic rings. The van der Waals surface area contributed by atoms with E-state index >= 15 is 0 Å². The zero-order valence-electron chi connectivity index (χ0n) is 10.6. The van der Waals surface area contributed by atoms with Crippen LogP contribution in [-0.2, 0) is 0 Å². The summed E-state index contributed by atoms with van der Waals surface area (Å²) in [5, 5.41) is 2.30. The lowest BCUT2D eigenvalue weighted by Gasteiger charge is -2.23. The monoisotopic (exact) mass is 241 g/mol. The number of pyridine rings is 1. The molecular formula is C15H19N3. The summed E-state index contributed by atoms with van der Waals surface area (Å²) in [4.78, 5) is 7.00. The molecule has 1 saturated heterocycles. The van der Waals surface area contributed by atoms with Crippen LogP contribution in [0.25, 0.3) is 10.8 Å². The van der Waals surface area contributed by atoms with E-state index in [0.29, 0.717) is 0 Å². The maximum absolute atomic E-state index is 6.04. The van der Waals surface area contributed by atoms with Gasteiger partial charge >= 0.3 is 0 Å². The van der Waals surface area contributed by atoms with Gasteiger partial charge in [-0.3, -0.25) is 0 Å². The van der Waals surface area contributed by atoms with E-state index in [4.69, 9.17) is 5.73 Å². The fraction of sp³-hybridized carbons (Fsp3) is 0.400. The maximum atomic E-state index is 6.04. The molecule has 3 rings (SSSR count). The van der Waals surface area contributed by atoms with E-state index in [1.54, 1.807) is 0 Å². The van der Waals surface area contributed by atoms with E-state index < -0.39 is 0 Å². The topological polar surface area (TPSA) is 42.1 Å². The second kappa shape index (κ2) is 4.84. The Balaban J connectivity index is 2.08. The quantitative estimate of drug-likeness (QED) is 0.780. The molecule has 2 aromatic rings. The van der Waals surface area contributed by atoms with E-state index in [9.17, 15) is 0 Å². The molecule has 94 valence electrons. The number of hydrogen-bond donors (Lipinski definition) is 1. The Kier molecular flexibility index (Phi) is 3.05. The molecule has 2 N–H and O–H groups in total. The lowest BCUT2D eigenvalue weighted by atomic mass is 10.1. The van der Waals surface area contributed by atoms with E-state index in [1.807, 2.05) is 24.4 Å². The van der Waals surface area contributed by atoms with Crippen molar-refractivity contribution in [3.05, 3.63) is 30.5 Å². The summed E-state index contributed by atoms with van der Waals surface area (Å²) in [6, 6.07) is 8.10. The van der Waals surface area contributed by atoms with Crippen molar-refractivity contribution >= 4 is 22.3 Å². The second-order valence-electron chi connectivity index (χ2n) is 4.98. The van der Waals surface area contributed by atoms with Crippen LogP contribution in [0.3, 0.4) is 0 Å². The zero-order chi connectivity index (χ0) is 12.4. The minimum absolute atomic E-state index is 0.839. The fourth-order valence-electron chi connectivity index (χ4n) is 2.75. The predicted octanol–water partition coefficient (Wildman–Crippen LogP) is 3.20. The van der Waals surface area contributed by atoms with Crippen molar-refractivity contribution in [1.29, 1.82) is 0 Å². The summed E-state index contributed by atoms with van der Waals surface area (Å²) in [7, 11) is 0. The lowest BCUT2D eigenvalue weighted by Crippen LogP contribution is -2.25. The minimum Gasteiger partial charge on any atom is -0.398 e. The fourth-order valence-corrected chi connectivity index (χ4v) is 2.75. The highest BCUT2D eigenvalue weighted by atomic mass is 15.2. The van der Waals surface area contributed by atoms with Crippen molar-refractivity contribution in [2.24, 2.45) is 0 Å². The van der Waals surface area contributed by atoms with Crippen LogP contribution in [0.4, 0.5) is 11.5 Å². The van der Waals surface area contributed by atoms with Crippen molar-refractivity contribution in [3.63, 3.8) is 0 Å². The Labute approximate surface area is 108 Å². The molecule has 1 aliphatic heterocycles. The first-order valence-electron chi connectivity index (χ1n) is 6.74. The Bertz CT molecular complexity index is 542. The minimum atomic E-state index is 0.839. The average molecular weight is 241 g/mol. The number of nitrogens with zero attached hydrogens (tertiary/aromatic N) is 2. The number of rotatable bonds is 1. The second-order valence-corrected chi connectivity index (χ2v) is 4.98. The Morgan fingerprint density at radius 3 is 2.50 bits per heavy atom. The van der Waals surface area contributed by atoms with Gasteiger partial charge in [-0.2, -0.15) is 0 Å². The van der Waals surface area contributed by atoms with Gasteiger partial charge in [-0.25, -0.2) is 4.98 Å². The number of nitrogen functional groups attached to an aromatic ring is 1. The summed E-state index contributed by atoms with van der Waals surface area (Å²) in [5.41, 5.74) is 6.88. The van der Waals surface area contributed by atoms with Gasteiger partial charge in [0.1, 0.15) is 5.82 Å². The highest BCUT2D eigenvalue weighted by Gasteiger charge is 2.14. The molecule has 1 fully saturated rings. The van der Waals surface area contributed by atoms with Crippen molar-refractivity contribution in [1.82, 2.24) is 4.98 Å². The molecule has 0 saturated carbocycles. The molecule has 0 amide bonds. The standard InChI is InChI=1S/C15H19N3/c16-14-7-5-6-13-12(14)8-9-17-15(13)18-10-3-1-2-4-11-18/h5-9H,1-4,10-11,16H2. The number of benzene rings is 1. The molecule has 1 aromatic carbocycles. The summed E-state index contributed by atoms with van der Waals surface area (Å²) in [6.45, 7) is 2.22. The molecule has 1 aromatic heterocycles. The zero-order valence-corrected chi connectivity index (χ0v) is 10.6. The van der Waals surface area contributed by atoms with Crippen LogP contribution in [0, 0.1) is 0 Å². The van der Waals surface area contributed by atoms with Crippen molar-refractivity contribution < 1.29 is 0 Å². The highest BCUT2D eigenvalue weighted by Crippen LogP contribution is 2.29. The molecule has 3 nitrogen and oxygen atoms in total. The summed E-state index contributed by atoms with van der Waals surface area (Å²) in [6.07, 6.45) is 7.08. The molecule has 0 aliphatic carbocycles. The Morgan fingerprint density at radius 2 is 1.72 bits per heavy atom. The van der Waals surface area contributed by atoms with Crippen LogP contribution >= 0.6 is 0 Å². The normalized spacial score (nSPS) is 16.8. The molecule has 0 bridgehead atoms. The molecule has 2 heterocycles. The van der Waals surface area contributed by atoms with Gasteiger partial charge in [0.25, 0.3) is 0 Å². The van der Waals surface area contributed by atoms with Gasteiger partial charge < -0.3 is 10.6 Å². The van der Waals surface area contributed by atoms with Gasteiger partial charge in [0.15, 0.2) is 0 Å². The van der Waals surface area contributed by atoms with Crippen LogP contribution in [0.15, 0.2) is 30.5 Å². The third-order valence-corrected chi connectivity index (χ3v) is 3.72. The molecule has 0 spiro atoms. The first-order valence-corrected chi connectivity index (χ1v) is 6.74. The van der Waals surface area contributed by atoms with Crippen LogP contribution in [0.2, 0.25) is 0 Å². The Morgan fingerprint density at radius 1 is 0.944 bits per heavy atom. The average Bonchev–Trinajstić information content (AvgIpc) is 2.67. The highest BCUT2D eigenvalue weighted by molar-refractivity contribution is 5.99. The number of anilines is 2. The first kappa shape index (κ1) is 11.3. The number of nitrogens with two attached hydrogens (primary N) is 1. The lowest BCUT2D eigenvalue weighted by molar-refractivity contribution is 0.726. The summed E-state index contributed by atoms with van der Waals surface area (Å²) in [5.74, 6) is 1.10. The van der Waals surface area contributed by atoms with Crippen LogP contribution < -0.4 is 10.6 Å².